The molecular weight excluding hydrogens is 360 g/mol. The lowest BCUT2D eigenvalue weighted by molar-refractivity contribution is 1.15. The van der Waals surface area contributed by atoms with Crippen LogP contribution in [0.2, 0.25) is 0 Å². The Balaban J connectivity index is 2.40. The molecule has 0 bridgehead atoms. The van der Waals surface area contributed by atoms with Gasteiger partial charge in [-0.3, -0.25) is 0 Å². The van der Waals surface area contributed by atoms with Gasteiger partial charge in [-0.25, -0.2) is 0 Å². The van der Waals surface area contributed by atoms with E-state index >= 15 is 0 Å². The van der Waals surface area contributed by atoms with E-state index in [0.29, 0.717) is 0 Å². The molecule has 90 valence electrons. The molecule has 1 unspecified atom stereocenters. The van der Waals surface area contributed by atoms with E-state index in [1.54, 1.807) is 11.3 Å². The Morgan fingerprint density at radius 2 is 1.76 bits per heavy atom. The molecule has 3 heteroatoms. The summed E-state index contributed by atoms with van der Waals surface area (Å²) in [4.78, 5) is 1.64. The van der Waals surface area contributed by atoms with Crippen molar-refractivity contribution in [2.24, 2.45) is 0 Å². The summed E-state index contributed by atoms with van der Waals surface area (Å²) in [6.45, 7) is 6.48. The molecule has 0 saturated carbocycles. The zero-order valence-corrected chi connectivity index (χ0v) is 14.0. The Morgan fingerprint density at radius 3 is 2.29 bits per heavy atom. The lowest BCUT2D eigenvalue weighted by Crippen LogP contribution is -1.94. The highest BCUT2D eigenvalue weighted by Crippen LogP contribution is 2.38. The van der Waals surface area contributed by atoms with Gasteiger partial charge in [-0.15, -0.1) is 11.3 Å². The summed E-state index contributed by atoms with van der Waals surface area (Å²) in [5.74, 6) is 0. The van der Waals surface area contributed by atoms with Crippen molar-refractivity contribution in [1.82, 2.24) is 0 Å². The number of aryl methyl sites for hydroxylation is 3. The van der Waals surface area contributed by atoms with Crippen LogP contribution < -0.4 is 0 Å². The number of rotatable bonds is 2. The van der Waals surface area contributed by atoms with Gasteiger partial charge >= 0.3 is 0 Å². The molecular formula is C14H14Br2S. The molecule has 1 aromatic carbocycles. The second kappa shape index (κ2) is 5.25. The van der Waals surface area contributed by atoms with Crippen LogP contribution in [0.1, 0.15) is 32.0 Å². The van der Waals surface area contributed by atoms with Crippen LogP contribution in [0, 0.1) is 20.8 Å². The SMILES string of the molecule is Cc1ccc(C(Br)c2cc(Br)sc2C)cc1C. The summed E-state index contributed by atoms with van der Waals surface area (Å²) in [7, 11) is 0. The van der Waals surface area contributed by atoms with Crippen LogP contribution in [0.25, 0.3) is 0 Å². The molecule has 0 aliphatic carbocycles. The number of hydrogen-bond acceptors (Lipinski definition) is 1. The third-order valence-electron chi connectivity index (χ3n) is 3.02. The molecule has 1 aromatic heterocycles. The number of halogens is 2. The van der Waals surface area contributed by atoms with Crippen molar-refractivity contribution in [3.63, 3.8) is 0 Å². The molecule has 0 aliphatic heterocycles. The van der Waals surface area contributed by atoms with Gasteiger partial charge in [-0.2, -0.15) is 0 Å². The molecule has 17 heavy (non-hydrogen) atoms. The minimum absolute atomic E-state index is 0.282. The maximum atomic E-state index is 3.80. The monoisotopic (exact) mass is 372 g/mol. The van der Waals surface area contributed by atoms with E-state index in [9.17, 15) is 0 Å². The summed E-state index contributed by atoms with van der Waals surface area (Å²) in [5, 5.41) is 0. The van der Waals surface area contributed by atoms with E-state index in [4.69, 9.17) is 0 Å². The van der Waals surface area contributed by atoms with E-state index in [1.165, 1.54) is 30.9 Å². The lowest BCUT2D eigenvalue weighted by atomic mass is 10.0. The molecule has 0 amide bonds. The Bertz CT molecular complexity index is 543. The minimum Gasteiger partial charge on any atom is -0.133 e. The van der Waals surface area contributed by atoms with Gasteiger partial charge in [0.05, 0.1) is 8.61 Å². The van der Waals surface area contributed by atoms with Crippen LogP contribution in [-0.2, 0) is 0 Å². The van der Waals surface area contributed by atoms with Gasteiger partial charge in [0.15, 0.2) is 0 Å². The maximum absolute atomic E-state index is 3.80. The van der Waals surface area contributed by atoms with E-state index in [0.717, 1.165) is 0 Å². The van der Waals surface area contributed by atoms with Crippen molar-refractivity contribution < 1.29 is 0 Å². The van der Waals surface area contributed by atoms with Crippen LogP contribution in [0.5, 0.6) is 0 Å². The molecule has 0 spiro atoms. The second-order valence-electron chi connectivity index (χ2n) is 4.27. The first-order valence-corrected chi connectivity index (χ1v) is 7.98. The van der Waals surface area contributed by atoms with Gasteiger partial charge in [0, 0.05) is 4.88 Å². The van der Waals surface area contributed by atoms with Crippen LogP contribution in [0.15, 0.2) is 28.1 Å². The Labute approximate surface area is 123 Å². The van der Waals surface area contributed by atoms with Crippen molar-refractivity contribution in [2.75, 3.05) is 0 Å². The molecule has 1 atom stereocenters. The number of hydrogen-bond donors (Lipinski definition) is 0. The molecule has 0 saturated heterocycles. The summed E-state index contributed by atoms with van der Waals surface area (Å²) < 4.78 is 1.19. The largest absolute Gasteiger partial charge is 0.133 e. The molecule has 0 nitrogen and oxygen atoms in total. The normalized spacial score (nSPS) is 12.8. The molecule has 2 rings (SSSR count). The van der Waals surface area contributed by atoms with Crippen molar-refractivity contribution in [3.05, 3.63) is 55.2 Å². The molecule has 0 fully saturated rings. The first kappa shape index (κ1) is 13.3. The predicted molar refractivity (Wildman–Crippen MR) is 83.4 cm³/mol. The Hall–Kier alpha value is -0.120. The van der Waals surface area contributed by atoms with Gasteiger partial charge in [-0.05, 0) is 65.0 Å². The fourth-order valence-electron chi connectivity index (χ4n) is 1.81. The summed E-state index contributed by atoms with van der Waals surface area (Å²) in [6, 6.07) is 8.86. The molecule has 0 N–H and O–H groups in total. The lowest BCUT2D eigenvalue weighted by Gasteiger charge is -2.12. The molecule has 0 radical (unpaired) electrons. The van der Waals surface area contributed by atoms with Gasteiger partial charge in [0.25, 0.3) is 0 Å². The fourth-order valence-corrected chi connectivity index (χ4v) is 4.47. The van der Waals surface area contributed by atoms with Crippen LogP contribution in [0.4, 0.5) is 0 Å². The van der Waals surface area contributed by atoms with Crippen LogP contribution in [-0.4, -0.2) is 0 Å². The summed E-state index contributed by atoms with van der Waals surface area (Å²) in [5.41, 5.74) is 5.36. The summed E-state index contributed by atoms with van der Waals surface area (Å²) in [6.07, 6.45) is 0. The van der Waals surface area contributed by atoms with Crippen LogP contribution in [0.3, 0.4) is 0 Å². The highest BCUT2D eigenvalue weighted by atomic mass is 79.9. The predicted octanol–water partition coefficient (Wildman–Crippen LogP) is 5.92. The number of thiophene rings is 1. The average Bonchev–Trinajstić information content (AvgIpc) is 2.61. The smallest absolute Gasteiger partial charge is 0.0704 e. The van der Waals surface area contributed by atoms with Crippen LogP contribution >= 0.6 is 43.2 Å². The first-order chi connectivity index (χ1) is 7.99. The summed E-state index contributed by atoms with van der Waals surface area (Å²) >= 11 is 9.14. The van der Waals surface area contributed by atoms with Crippen molar-refractivity contribution >= 4 is 43.2 Å². The topological polar surface area (TPSA) is 0 Å². The van der Waals surface area contributed by atoms with E-state index in [2.05, 4.69) is 76.9 Å². The van der Waals surface area contributed by atoms with Gasteiger partial charge in [-0.1, -0.05) is 34.1 Å². The van der Waals surface area contributed by atoms with Gasteiger partial charge < -0.3 is 0 Å². The van der Waals surface area contributed by atoms with Gasteiger partial charge in [0.2, 0.25) is 0 Å². The number of alkyl halides is 1. The second-order valence-corrected chi connectivity index (χ2v) is 7.82. The van der Waals surface area contributed by atoms with E-state index in [1.807, 2.05) is 0 Å². The quantitative estimate of drug-likeness (QED) is 0.573. The third kappa shape index (κ3) is 2.83. The molecule has 1 heterocycles. The zero-order valence-electron chi connectivity index (χ0n) is 10.1. The fraction of sp³-hybridized carbons (Fsp3) is 0.286. The highest BCUT2D eigenvalue weighted by Gasteiger charge is 2.15. The standard InChI is InChI=1S/C14H14Br2S/c1-8-4-5-11(6-9(8)2)14(16)12-7-13(15)17-10(12)3/h4-7,14H,1-3H3. The third-order valence-corrected chi connectivity index (χ3v) is 5.61. The molecule has 2 aromatic rings. The van der Waals surface area contributed by atoms with Gasteiger partial charge in [0.1, 0.15) is 0 Å². The van der Waals surface area contributed by atoms with Crippen molar-refractivity contribution in [2.45, 2.75) is 25.6 Å². The maximum Gasteiger partial charge on any atom is 0.0704 e. The molecule has 0 aliphatic rings. The zero-order chi connectivity index (χ0) is 12.6. The van der Waals surface area contributed by atoms with E-state index in [-0.39, 0.29) is 4.83 Å². The first-order valence-electron chi connectivity index (χ1n) is 5.46. The van der Waals surface area contributed by atoms with E-state index < -0.39 is 0 Å². The highest BCUT2D eigenvalue weighted by molar-refractivity contribution is 9.11. The van der Waals surface area contributed by atoms with Crippen molar-refractivity contribution in [1.29, 1.82) is 0 Å². The Kier molecular flexibility index (Phi) is 4.11. The Morgan fingerprint density at radius 1 is 1.06 bits per heavy atom. The average molecular weight is 374 g/mol. The minimum atomic E-state index is 0.282. The van der Waals surface area contributed by atoms with Crippen molar-refractivity contribution in [3.8, 4) is 0 Å². The number of benzene rings is 1.